The van der Waals surface area contributed by atoms with Crippen LogP contribution in [0.2, 0.25) is 5.02 Å². The van der Waals surface area contributed by atoms with E-state index in [2.05, 4.69) is 19.2 Å². The highest BCUT2D eigenvalue weighted by Gasteiger charge is 2.36. The maximum atomic E-state index is 12.9. The molecule has 1 atom stereocenters. The number of aryl methyl sites for hydroxylation is 1. The number of halogens is 1. The highest BCUT2D eigenvalue weighted by molar-refractivity contribution is 6.31. The molecule has 1 aliphatic heterocycles. The number of amides is 3. The van der Waals surface area contributed by atoms with Gasteiger partial charge in [0.15, 0.2) is 0 Å². The van der Waals surface area contributed by atoms with Crippen molar-refractivity contribution in [3.05, 3.63) is 40.0 Å². The van der Waals surface area contributed by atoms with E-state index < -0.39 is 5.91 Å². The maximum Gasteiger partial charge on any atom is 0.318 e. The van der Waals surface area contributed by atoms with Crippen molar-refractivity contribution in [2.75, 3.05) is 6.54 Å². The summed E-state index contributed by atoms with van der Waals surface area (Å²) in [7, 11) is 0. The molecule has 7 nitrogen and oxygen atoms in total. The topological polar surface area (TPSA) is 93.2 Å². The molecule has 31 heavy (non-hydrogen) atoms. The predicted octanol–water partition coefficient (Wildman–Crippen LogP) is 4.39. The third-order valence-electron chi connectivity index (χ3n) is 5.56. The first-order valence-corrected chi connectivity index (χ1v) is 11.1. The number of urea groups is 1. The minimum absolute atomic E-state index is 0.0771. The van der Waals surface area contributed by atoms with Gasteiger partial charge in [0.2, 0.25) is 0 Å². The summed E-state index contributed by atoms with van der Waals surface area (Å²) in [6.07, 6.45) is 0.814. The van der Waals surface area contributed by atoms with E-state index in [4.69, 9.17) is 22.4 Å². The van der Waals surface area contributed by atoms with E-state index in [1.807, 2.05) is 50.6 Å². The van der Waals surface area contributed by atoms with Gasteiger partial charge in [-0.05, 0) is 44.7 Å². The number of carbonyl (C=O) groups is 2. The second-order valence-electron chi connectivity index (χ2n) is 9.51. The van der Waals surface area contributed by atoms with Crippen LogP contribution >= 0.6 is 11.6 Å². The highest BCUT2D eigenvalue weighted by atomic mass is 35.5. The van der Waals surface area contributed by atoms with Crippen LogP contribution in [0, 0.1) is 5.92 Å². The van der Waals surface area contributed by atoms with Gasteiger partial charge in [-0.15, -0.1) is 0 Å². The molecule has 1 aromatic heterocycles. The molecule has 168 valence electrons. The van der Waals surface area contributed by atoms with Crippen LogP contribution in [0.25, 0.3) is 11.3 Å². The van der Waals surface area contributed by atoms with Crippen molar-refractivity contribution < 1.29 is 9.59 Å². The SMILES string of the molecule is CCc1ccc(-c2nn3c(c2C(N)=O)CN(C(=O)NC(C)(C)C)CC3C(C)C)cc1Cl. The number of aromatic nitrogens is 2. The van der Waals surface area contributed by atoms with Gasteiger partial charge in [-0.2, -0.15) is 5.10 Å². The lowest BCUT2D eigenvalue weighted by atomic mass is 9.99. The summed E-state index contributed by atoms with van der Waals surface area (Å²) in [5, 5.41) is 8.45. The summed E-state index contributed by atoms with van der Waals surface area (Å²) in [5.41, 5.74) is 8.74. The normalized spacial score (nSPS) is 16.4. The average molecular weight is 446 g/mol. The zero-order valence-corrected chi connectivity index (χ0v) is 19.9. The molecule has 0 spiro atoms. The number of nitrogens with one attached hydrogen (secondary N) is 1. The fraction of sp³-hybridized carbons (Fsp3) is 0.522. The molecule has 3 N–H and O–H groups in total. The van der Waals surface area contributed by atoms with Gasteiger partial charge in [0.25, 0.3) is 5.91 Å². The van der Waals surface area contributed by atoms with Crippen molar-refractivity contribution in [1.29, 1.82) is 0 Å². The van der Waals surface area contributed by atoms with Crippen LogP contribution in [0.3, 0.4) is 0 Å². The molecule has 1 aromatic carbocycles. The minimum Gasteiger partial charge on any atom is -0.365 e. The Bertz CT molecular complexity index is 1010. The molecule has 0 saturated carbocycles. The zero-order valence-electron chi connectivity index (χ0n) is 19.1. The lowest BCUT2D eigenvalue weighted by Crippen LogP contribution is -2.52. The lowest BCUT2D eigenvalue weighted by Gasteiger charge is -2.37. The summed E-state index contributed by atoms with van der Waals surface area (Å²) < 4.78 is 1.88. The Morgan fingerprint density at radius 2 is 2.00 bits per heavy atom. The highest BCUT2D eigenvalue weighted by Crippen LogP contribution is 2.35. The Balaban J connectivity index is 2.12. The van der Waals surface area contributed by atoms with Crippen molar-refractivity contribution in [1.82, 2.24) is 20.0 Å². The van der Waals surface area contributed by atoms with E-state index in [0.717, 1.165) is 17.5 Å². The predicted molar refractivity (Wildman–Crippen MR) is 123 cm³/mol. The molecule has 3 rings (SSSR count). The fourth-order valence-electron chi connectivity index (χ4n) is 3.93. The van der Waals surface area contributed by atoms with E-state index in [9.17, 15) is 9.59 Å². The number of fused-ring (bicyclic) bond motifs is 1. The van der Waals surface area contributed by atoms with Crippen molar-refractivity contribution in [3.63, 3.8) is 0 Å². The van der Waals surface area contributed by atoms with Crippen LogP contribution in [0.5, 0.6) is 0 Å². The summed E-state index contributed by atoms with van der Waals surface area (Å²) in [4.78, 5) is 27.2. The molecule has 0 fully saturated rings. The third-order valence-corrected chi connectivity index (χ3v) is 5.92. The first-order valence-electron chi connectivity index (χ1n) is 10.7. The van der Waals surface area contributed by atoms with Crippen LogP contribution in [0.4, 0.5) is 4.79 Å². The molecule has 8 heteroatoms. The maximum absolute atomic E-state index is 12.9. The number of nitrogens with zero attached hydrogens (tertiary/aromatic N) is 3. The van der Waals surface area contributed by atoms with E-state index in [0.29, 0.717) is 28.5 Å². The lowest BCUT2D eigenvalue weighted by molar-refractivity contribution is 0.0993. The summed E-state index contributed by atoms with van der Waals surface area (Å²) in [6.45, 7) is 12.8. The molecule has 1 unspecified atom stereocenters. The van der Waals surface area contributed by atoms with Gasteiger partial charge >= 0.3 is 6.03 Å². The van der Waals surface area contributed by atoms with E-state index in [1.165, 1.54) is 0 Å². The number of hydrogen-bond acceptors (Lipinski definition) is 3. The monoisotopic (exact) mass is 445 g/mol. The van der Waals surface area contributed by atoms with Gasteiger partial charge in [0, 0.05) is 22.7 Å². The Hall–Kier alpha value is -2.54. The van der Waals surface area contributed by atoms with Crippen LogP contribution in [0.1, 0.15) is 69.2 Å². The zero-order chi connectivity index (χ0) is 23.1. The summed E-state index contributed by atoms with van der Waals surface area (Å²) >= 11 is 6.43. The Labute approximate surface area is 188 Å². The average Bonchev–Trinajstić information content (AvgIpc) is 3.05. The molecule has 0 saturated heterocycles. The molecule has 0 aliphatic carbocycles. The van der Waals surface area contributed by atoms with Gasteiger partial charge in [0.05, 0.1) is 23.8 Å². The van der Waals surface area contributed by atoms with Gasteiger partial charge < -0.3 is 16.0 Å². The number of benzene rings is 1. The Morgan fingerprint density at radius 1 is 1.32 bits per heavy atom. The van der Waals surface area contributed by atoms with Crippen molar-refractivity contribution in [2.24, 2.45) is 11.7 Å². The molecule has 1 aliphatic rings. The van der Waals surface area contributed by atoms with Crippen LogP contribution in [-0.4, -0.2) is 38.7 Å². The fourth-order valence-corrected chi connectivity index (χ4v) is 4.25. The van der Waals surface area contributed by atoms with Crippen LogP contribution in [0.15, 0.2) is 18.2 Å². The minimum atomic E-state index is -0.562. The first kappa shape index (κ1) is 23.1. The number of nitrogens with two attached hydrogens (primary N) is 1. The van der Waals surface area contributed by atoms with Crippen LogP contribution < -0.4 is 11.1 Å². The van der Waals surface area contributed by atoms with Crippen molar-refractivity contribution in [3.8, 4) is 11.3 Å². The number of rotatable bonds is 4. The second-order valence-corrected chi connectivity index (χ2v) is 9.92. The van der Waals surface area contributed by atoms with E-state index in [-0.39, 0.29) is 30.1 Å². The summed E-state index contributed by atoms with van der Waals surface area (Å²) in [6, 6.07) is 5.45. The number of hydrogen-bond donors (Lipinski definition) is 2. The van der Waals surface area contributed by atoms with Crippen molar-refractivity contribution >= 4 is 23.5 Å². The molecular formula is C23H32ClN5O2. The second kappa shape index (κ2) is 8.54. The van der Waals surface area contributed by atoms with Gasteiger partial charge in [-0.3, -0.25) is 9.48 Å². The smallest absolute Gasteiger partial charge is 0.318 e. The number of primary amides is 1. The number of carbonyl (C=O) groups excluding carboxylic acids is 2. The van der Waals surface area contributed by atoms with E-state index >= 15 is 0 Å². The van der Waals surface area contributed by atoms with Gasteiger partial charge in [-0.25, -0.2) is 4.79 Å². The Kier molecular flexibility index (Phi) is 6.37. The van der Waals surface area contributed by atoms with Crippen LogP contribution in [-0.2, 0) is 13.0 Å². The largest absolute Gasteiger partial charge is 0.365 e. The van der Waals surface area contributed by atoms with E-state index in [1.54, 1.807) is 4.90 Å². The first-order chi connectivity index (χ1) is 14.4. The molecule has 0 radical (unpaired) electrons. The van der Waals surface area contributed by atoms with Gasteiger partial charge in [-0.1, -0.05) is 44.5 Å². The molecule has 3 amide bonds. The molecular weight excluding hydrogens is 414 g/mol. The standard InChI is InChI=1S/C23H32ClN5O2/c1-7-14-8-9-15(10-16(14)24)20-19(21(25)30)18-12-28(22(31)26-23(4,5)6)11-17(13(2)3)29(18)27-20/h8-10,13,17H,7,11-12H2,1-6H3,(H2,25,30)(H,26,31). The quantitative estimate of drug-likeness (QED) is 0.730. The summed E-state index contributed by atoms with van der Waals surface area (Å²) in [5.74, 6) is -0.365. The molecule has 2 heterocycles. The Morgan fingerprint density at radius 3 is 2.52 bits per heavy atom. The molecule has 0 bridgehead atoms. The van der Waals surface area contributed by atoms with Crippen molar-refractivity contribution in [2.45, 2.75) is 66.1 Å². The third kappa shape index (κ3) is 4.71. The molecule has 2 aromatic rings. The van der Waals surface area contributed by atoms with Gasteiger partial charge in [0.1, 0.15) is 5.69 Å².